The number of carbonyl (C=O) groups excluding carboxylic acids is 1. The van der Waals surface area contributed by atoms with Crippen LogP contribution in [0.15, 0.2) is 11.6 Å². The zero-order valence-electron chi connectivity index (χ0n) is 7.53. The number of aliphatic hydroxyl groups is 3. The molecule has 5 N–H and O–H groups in total. The summed E-state index contributed by atoms with van der Waals surface area (Å²) in [4.78, 5) is 10.6. The number of hydrogen-bond acceptors (Lipinski definition) is 4. The van der Waals surface area contributed by atoms with Gasteiger partial charge in [-0.3, -0.25) is 4.79 Å². The molecular weight excluding hydrogens is 174 g/mol. The zero-order valence-corrected chi connectivity index (χ0v) is 7.53. The minimum absolute atomic E-state index is 0.206. The molecular formula is C8H15NO4. The molecule has 0 aliphatic carbocycles. The first-order valence-corrected chi connectivity index (χ1v) is 3.83. The summed E-state index contributed by atoms with van der Waals surface area (Å²) in [6.07, 6.45) is 1.29. The summed E-state index contributed by atoms with van der Waals surface area (Å²) in [5, 5.41) is 26.7. The van der Waals surface area contributed by atoms with Crippen molar-refractivity contribution in [2.75, 3.05) is 19.8 Å². The Hall–Kier alpha value is -0.910. The minimum atomic E-state index is -1.17. The lowest BCUT2D eigenvalue weighted by Crippen LogP contribution is -2.33. The average molecular weight is 189 g/mol. The molecule has 76 valence electrons. The summed E-state index contributed by atoms with van der Waals surface area (Å²) in [6.45, 7) is 0.137. The van der Waals surface area contributed by atoms with Gasteiger partial charge in [0.25, 0.3) is 0 Å². The van der Waals surface area contributed by atoms with Gasteiger partial charge in [0.1, 0.15) is 0 Å². The van der Waals surface area contributed by atoms with Crippen molar-refractivity contribution in [1.82, 2.24) is 0 Å². The van der Waals surface area contributed by atoms with Crippen molar-refractivity contribution in [3.63, 3.8) is 0 Å². The Balaban J connectivity index is 4.76. The Labute approximate surface area is 76.5 Å². The van der Waals surface area contributed by atoms with Gasteiger partial charge in [-0.2, -0.15) is 0 Å². The molecule has 0 aromatic rings. The molecule has 0 radical (unpaired) electrons. The van der Waals surface area contributed by atoms with Crippen LogP contribution >= 0.6 is 0 Å². The van der Waals surface area contributed by atoms with Crippen molar-refractivity contribution in [3.05, 3.63) is 11.6 Å². The van der Waals surface area contributed by atoms with Crippen molar-refractivity contribution in [1.29, 1.82) is 0 Å². The maximum atomic E-state index is 10.6. The molecule has 0 unspecified atom stereocenters. The smallest absolute Gasteiger partial charge is 0.244 e. The summed E-state index contributed by atoms with van der Waals surface area (Å²) in [7, 11) is 0. The first kappa shape index (κ1) is 12.1. The predicted octanol–water partition coefficient (Wildman–Crippen LogP) is -1.62. The lowest BCUT2D eigenvalue weighted by molar-refractivity contribution is -0.114. The summed E-state index contributed by atoms with van der Waals surface area (Å²) in [6, 6.07) is 0. The van der Waals surface area contributed by atoms with Gasteiger partial charge < -0.3 is 21.1 Å². The normalized spacial score (nSPS) is 13.1. The van der Waals surface area contributed by atoms with Crippen molar-refractivity contribution in [2.45, 2.75) is 6.92 Å². The van der Waals surface area contributed by atoms with E-state index in [-0.39, 0.29) is 5.57 Å². The van der Waals surface area contributed by atoms with Crippen molar-refractivity contribution in [3.8, 4) is 0 Å². The summed E-state index contributed by atoms with van der Waals surface area (Å²) in [5.74, 6) is -0.639. The van der Waals surface area contributed by atoms with E-state index in [2.05, 4.69) is 0 Å². The van der Waals surface area contributed by atoms with Gasteiger partial charge in [0.2, 0.25) is 5.91 Å². The number of amides is 1. The van der Waals surface area contributed by atoms with Crippen LogP contribution in [0.25, 0.3) is 0 Å². The quantitative estimate of drug-likeness (QED) is 0.390. The van der Waals surface area contributed by atoms with E-state index in [1.54, 1.807) is 0 Å². The van der Waals surface area contributed by atoms with Crippen LogP contribution < -0.4 is 5.73 Å². The summed E-state index contributed by atoms with van der Waals surface area (Å²) in [5.41, 5.74) is 3.99. The number of primary amides is 1. The number of rotatable bonds is 5. The van der Waals surface area contributed by atoms with Gasteiger partial charge in [-0.1, -0.05) is 6.08 Å². The van der Waals surface area contributed by atoms with E-state index >= 15 is 0 Å². The molecule has 1 amide bonds. The number of aliphatic hydroxyl groups excluding tert-OH is 3. The Kier molecular flexibility index (Phi) is 4.61. The zero-order chi connectivity index (χ0) is 10.5. The largest absolute Gasteiger partial charge is 0.395 e. The second kappa shape index (κ2) is 4.96. The topological polar surface area (TPSA) is 104 Å². The average Bonchev–Trinajstić information content (AvgIpc) is 2.14. The standard InChI is InChI=1S/C8H15NO4/c1-6(7(9)13)2-8(3-10,4-11)5-12/h2,10-12H,3-5H2,1H3,(H2,9,13). The molecule has 0 bridgehead atoms. The van der Waals surface area contributed by atoms with E-state index in [0.29, 0.717) is 0 Å². The van der Waals surface area contributed by atoms with E-state index in [1.807, 2.05) is 0 Å². The van der Waals surface area contributed by atoms with E-state index in [1.165, 1.54) is 13.0 Å². The second-order valence-corrected chi connectivity index (χ2v) is 3.03. The van der Waals surface area contributed by atoms with Gasteiger partial charge in [-0.05, 0) is 6.92 Å². The monoisotopic (exact) mass is 189 g/mol. The fourth-order valence-corrected chi connectivity index (χ4v) is 0.817. The Morgan fingerprint density at radius 1 is 1.31 bits per heavy atom. The van der Waals surface area contributed by atoms with Crippen LogP contribution in [0.1, 0.15) is 6.92 Å². The van der Waals surface area contributed by atoms with Crippen LogP contribution in [0.4, 0.5) is 0 Å². The van der Waals surface area contributed by atoms with Gasteiger partial charge in [0, 0.05) is 5.57 Å². The summed E-state index contributed by atoms with van der Waals surface area (Å²) < 4.78 is 0. The molecule has 13 heavy (non-hydrogen) atoms. The molecule has 5 heteroatoms. The van der Waals surface area contributed by atoms with Crippen LogP contribution in [0.3, 0.4) is 0 Å². The van der Waals surface area contributed by atoms with Gasteiger partial charge >= 0.3 is 0 Å². The highest BCUT2D eigenvalue weighted by molar-refractivity contribution is 5.91. The molecule has 0 aliphatic rings. The molecule has 0 spiro atoms. The maximum absolute atomic E-state index is 10.6. The molecule has 5 nitrogen and oxygen atoms in total. The Morgan fingerprint density at radius 3 is 1.92 bits per heavy atom. The second-order valence-electron chi connectivity index (χ2n) is 3.03. The highest BCUT2D eigenvalue weighted by Gasteiger charge is 2.26. The van der Waals surface area contributed by atoms with Crippen LogP contribution in [-0.4, -0.2) is 41.0 Å². The van der Waals surface area contributed by atoms with E-state index < -0.39 is 31.1 Å². The first-order valence-electron chi connectivity index (χ1n) is 3.83. The summed E-state index contributed by atoms with van der Waals surface area (Å²) >= 11 is 0. The van der Waals surface area contributed by atoms with Crippen LogP contribution in [0, 0.1) is 5.41 Å². The lowest BCUT2D eigenvalue weighted by atomic mass is 9.89. The van der Waals surface area contributed by atoms with Crippen LogP contribution in [-0.2, 0) is 4.79 Å². The third-order valence-corrected chi connectivity index (χ3v) is 1.86. The highest BCUT2D eigenvalue weighted by atomic mass is 16.3. The highest BCUT2D eigenvalue weighted by Crippen LogP contribution is 2.18. The minimum Gasteiger partial charge on any atom is -0.395 e. The third kappa shape index (κ3) is 3.14. The van der Waals surface area contributed by atoms with Crippen molar-refractivity contribution < 1.29 is 20.1 Å². The molecule has 0 rings (SSSR count). The molecule has 0 heterocycles. The van der Waals surface area contributed by atoms with Gasteiger partial charge in [-0.25, -0.2) is 0 Å². The Bertz CT molecular complexity index is 200. The van der Waals surface area contributed by atoms with Gasteiger partial charge in [0.05, 0.1) is 25.2 Å². The molecule has 0 fully saturated rings. The first-order chi connectivity index (χ1) is 6.01. The van der Waals surface area contributed by atoms with E-state index in [9.17, 15) is 4.79 Å². The molecule has 0 atom stereocenters. The van der Waals surface area contributed by atoms with Crippen LogP contribution in [0.2, 0.25) is 0 Å². The maximum Gasteiger partial charge on any atom is 0.244 e. The number of nitrogens with two attached hydrogens (primary N) is 1. The van der Waals surface area contributed by atoms with E-state index in [0.717, 1.165) is 0 Å². The van der Waals surface area contributed by atoms with Gasteiger partial charge in [0.15, 0.2) is 0 Å². The van der Waals surface area contributed by atoms with Gasteiger partial charge in [-0.15, -0.1) is 0 Å². The fourth-order valence-electron chi connectivity index (χ4n) is 0.817. The van der Waals surface area contributed by atoms with Crippen molar-refractivity contribution >= 4 is 5.91 Å². The fraction of sp³-hybridized carbons (Fsp3) is 0.625. The predicted molar refractivity (Wildman–Crippen MR) is 46.6 cm³/mol. The SMILES string of the molecule is CC(=CC(CO)(CO)CO)C(N)=O. The van der Waals surface area contributed by atoms with E-state index in [4.69, 9.17) is 21.1 Å². The Morgan fingerprint density at radius 2 is 1.69 bits per heavy atom. The third-order valence-electron chi connectivity index (χ3n) is 1.86. The van der Waals surface area contributed by atoms with Crippen LogP contribution in [0.5, 0.6) is 0 Å². The molecule has 0 saturated carbocycles. The molecule has 0 aliphatic heterocycles. The molecule has 0 saturated heterocycles. The lowest BCUT2D eigenvalue weighted by Gasteiger charge is -2.23. The van der Waals surface area contributed by atoms with Crippen molar-refractivity contribution in [2.24, 2.45) is 11.1 Å². The number of carbonyl (C=O) groups is 1. The molecule has 0 aromatic carbocycles. The number of hydrogen-bond donors (Lipinski definition) is 4. The molecule has 0 aromatic heterocycles.